The number of esters is 1. The van der Waals surface area contributed by atoms with Crippen molar-refractivity contribution < 1.29 is 23.8 Å². The monoisotopic (exact) mass is 503 g/mol. The van der Waals surface area contributed by atoms with Gasteiger partial charge in [-0.05, 0) is 92.6 Å². The van der Waals surface area contributed by atoms with Crippen molar-refractivity contribution in [3.05, 3.63) is 88.0 Å². The molecule has 0 unspecified atom stereocenters. The molecule has 0 saturated carbocycles. The summed E-state index contributed by atoms with van der Waals surface area (Å²) in [7, 11) is 0. The summed E-state index contributed by atoms with van der Waals surface area (Å²) in [4.78, 5) is 24.6. The van der Waals surface area contributed by atoms with Crippen LogP contribution in [0.3, 0.4) is 0 Å². The number of rotatable bonds is 12. The lowest BCUT2D eigenvalue weighted by Gasteiger charge is -2.17. The first-order valence-electron chi connectivity index (χ1n) is 12.8. The summed E-state index contributed by atoms with van der Waals surface area (Å²) in [6.45, 7) is 11.2. The van der Waals surface area contributed by atoms with Crippen LogP contribution in [0.25, 0.3) is 0 Å². The predicted octanol–water partition coefficient (Wildman–Crippen LogP) is 6.73. The van der Waals surface area contributed by atoms with E-state index < -0.39 is 0 Å². The Bertz CT molecular complexity index is 1230. The van der Waals surface area contributed by atoms with E-state index in [1.54, 1.807) is 25.1 Å². The number of ether oxygens (including phenoxy) is 3. The minimum atomic E-state index is -0.260. The molecule has 0 aliphatic carbocycles. The van der Waals surface area contributed by atoms with E-state index >= 15 is 0 Å². The van der Waals surface area contributed by atoms with Gasteiger partial charge in [0.2, 0.25) is 0 Å². The molecule has 3 rings (SSSR count). The van der Waals surface area contributed by atoms with Gasteiger partial charge in [0.15, 0.2) is 0 Å². The Hall–Kier alpha value is -3.80. The molecule has 3 aromatic rings. The number of carbonyl (C=O) groups excluding carboxylic acids is 2. The summed E-state index contributed by atoms with van der Waals surface area (Å²) in [6.07, 6.45) is 1.80. The summed E-state index contributed by atoms with van der Waals surface area (Å²) in [5, 5.41) is 3.01. The number of hydrogen-bond acceptors (Lipinski definition) is 5. The van der Waals surface area contributed by atoms with Crippen LogP contribution in [0.5, 0.6) is 11.5 Å². The van der Waals surface area contributed by atoms with Gasteiger partial charge in [-0.3, -0.25) is 9.59 Å². The number of benzene rings is 3. The molecule has 0 spiro atoms. The summed E-state index contributed by atoms with van der Waals surface area (Å²) in [6, 6.07) is 17.3. The Kier molecular flexibility index (Phi) is 10.1. The van der Waals surface area contributed by atoms with Crippen LogP contribution < -0.4 is 14.8 Å². The third-order valence-corrected chi connectivity index (χ3v) is 6.40. The van der Waals surface area contributed by atoms with Crippen LogP contribution in [-0.2, 0) is 22.6 Å². The molecule has 6 nitrogen and oxygen atoms in total. The largest absolute Gasteiger partial charge is 0.493 e. The summed E-state index contributed by atoms with van der Waals surface area (Å²) in [5.74, 6) is 0.756. The van der Waals surface area contributed by atoms with E-state index in [-0.39, 0.29) is 18.3 Å². The van der Waals surface area contributed by atoms with Crippen molar-refractivity contribution in [3.63, 3.8) is 0 Å². The van der Waals surface area contributed by atoms with Crippen LogP contribution in [-0.4, -0.2) is 25.1 Å². The van der Waals surface area contributed by atoms with Gasteiger partial charge in [0, 0.05) is 12.1 Å². The number of anilines is 1. The lowest BCUT2D eigenvalue weighted by molar-refractivity contribution is -0.143. The molecule has 196 valence electrons. The molecule has 0 fully saturated rings. The van der Waals surface area contributed by atoms with Gasteiger partial charge in [0.25, 0.3) is 5.91 Å². The number of aryl methyl sites for hydroxylation is 2. The maximum Gasteiger partial charge on any atom is 0.305 e. The van der Waals surface area contributed by atoms with E-state index in [0.717, 1.165) is 34.5 Å². The highest BCUT2D eigenvalue weighted by Crippen LogP contribution is 2.30. The third kappa shape index (κ3) is 7.59. The van der Waals surface area contributed by atoms with E-state index in [1.165, 1.54) is 11.1 Å². The van der Waals surface area contributed by atoms with Crippen molar-refractivity contribution in [2.45, 2.75) is 60.5 Å². The molecule has 0 saturated heterocycles. The van der Waals surface area contributed by atoms with Crippen LogP contribution in [0.4, 0.5) is 5.69 Å². The molecule has 1 amide bonds. The smallest absolute Gasteiger partial charge is 0.305 e. The van der Waals surface area contributed by atoms with Gasteiger partial charge < -0.3 is 19.5 Å². The van der Waals surface area contributed by atoms with E-state index in [9.17, 15) is 9.59 Å². The highest BCUT2D eigenvalue weighted by molar-refractivity contribution is 6.06. The molecule has 1 N–H and O–H groups in total. The number of carbonyl (C=O) groups is 2. The Labute approximate surface area is 220 Å². The number of amides is 1. The summed E-state index contributed by atoms with van der Waals surface area (Å²) < 4.78 is 16.9. The number of nitrogens with one attached hydrogen (secondary N) is 1. The standard InChI is InChI=1S/C31H37NO5/c1-6-24-14-15-25(21(3)19-24)20-37-28-17-16-27(22(4)23(28)5)32-31(34)26-11-8-9-12-29(26)36-18-10-13-30(33)35-7-2/h8-9,11-12,14-17,19H,6-7,10,13,18,20H2,1-5H3,(H,32,34). The van der Waals surface area contributed by atoms with Crippen LogP contribution in [0.1, 0.15) is 64.9 Å². The third-order valence-electron chi connectivity index (χ3n) is 6.40. The lowest BCUT2D eigenvalue weighted by Crippen LogP contribution is -2.15. The maximum absolute atomic E-state index is 13.1. The van der Waals surface area contributed by atoms with Gasteiger partial charge in [-0.15, -0.1) is 0 Å². The van der Waals surface area contributed by atoms with Gasteiger partial charge in [-0.1, -0.05) is 37.3 Å². The number of para-hydroxylation sites is 1. The zero-order valence-corrected chi connectivity index (χ0v) is 22.5. The predicted molar refractivity (Wildman–Crippen MR) is 147 cm³/mol. The molecule has 0 atom stereocenters. The van der Waals surface area contributed by atoms with Gasteiger partial charge in [-0.2, -0.15) is 0 Å². The molecule has 0 aromatic heterocycles. The second-order valence-electron chi connectivity index (χ2n) is 8.97. The highest BCUT2D eigenvalue weighted by Gasteiger charge is 2.16. The van der Waals surface area contributed by atoms with Gasteiger partial charge in [0.1, 0.15) is 18.1 Å². The van der Waals surface area contributed by atoms with Crippen molar-refractivity contribution in [3.8, 4) is 11.5 Å². The Morgan fingerprint density at radius 3 is 2.38 bits per heavy atom. The lowest BCUT2D eigenvalue weighted by atomic mass is 10.0. The molecule has 3 aromatic carbocycles. The Morgan fingerprint density at radius 2 is 1.65 bits per heavy atom. The van der Waals surface area contributed by atoms with Gasteiger partial charge >= 0.3 is 5.97 Å². The molecule has 0 heterocycles. The van der Waals surface area contributed by atoms with Crippen molar-refractivity contribution in [2.24, 2.45) is 0 Å². The summed E-state index contributed by atoms with van der Waals surface area (Å²) in [5.41, 5.74) is 6.76. The van der Waals surface area contributed by atoms with Crippen molar-refractivity contribution in [1.29, 1.82) is 0 Å². The fraction of sp³-hybridized carbons (Fsp3) is 0.355. The average molecular weight is 504 g/mol. The number of hydrogen-bond donors (Lipinski definition) is 1. The van der Waals surface area contributed by atoms with Gasteiger partial charge in [0.05, 0.1) is 18.8 Å². The molecule has 0 aliphatic heterocycles. The highest BCUT2D eigenvalue weighted by atomic mass is 16.5. The normalized spacial score (nSPS) is 10.6. The second kappa shape index (κ2) is 13.5. The summed E-state index contributed by atoms with van der Waals surface area (Å²) >= 11 is 0. The first-order valence-corrected chi connectivity index (χ1v) is 12.8. The van der Waals surface area contributed by atoms with E-state index in [0.29, 0.717) is 37.6 Å². The SMILES string of the molecule is CCOC(=O)CCCOc1ccccc1C(=O)Nc1ccc(OCc2ccc(CC)cc2C)c(C)c1C. The van der Waals surface area contributed by atoms with E-state index in [1.807, 2.05) is 32.0 Å². The zero-order chi connectivity index (χ0) is 26.8. The molecule has 37 heavy (non-hydrogen) atoms. The fourth-order valence-electron chi connectivity index (χ4n) is 3.98. The van der Waals surface area contributed by atoms with Crippen molar-refractivity contribution in [1.82, 2.24) is 0 Å². The fourth-order valence-corrected chi connectivity index (χ4v) is 3.98. The molecule has 0 radical (unpaired) electrons. The van der Waals surface area contributed by atoms with Crippen molar-refractivity contribution >= 4 is 17.6 Å². The molecule has 0 aliphatic rings. The van der Waals surface area contributed by atoms with Crippen LogP contribution >= 0.6 is 0 Å². The topological polar surface area (TPSA) is 73.9 Å². The minimum Gasteiger partial charge on any atom is -0.493 e. The van der Waals surface area contributed by atoms with Crippen LogP contribution in [0, 0.1) is 20.8 Å². The minimum absolute atomic E-state index is 0.250. The van der Waals surface area contributed by atoms with Gasteiger partial charge in [-0.25, -0.2) is 0 Å². The van der Waals surface area contributed by atoms with Crippen molar-refractivity contribution in [2.75, 3.05) is 18.5 Å². The molecular formula is C31H37NO5. The van der Waals surface area contributed by atoms with Crippen LogP contribution in [0.15, 0.2) is 54.6 Å². The zero-order valence-electron chi connectivity index (χ0n) is 22.5. The quantitative estimate of drug-likeness (QED) is 0.219. The molecule has 0 bridgehead atoms. The van der Waals surface area contributed by atoms with E-state index in [4.69, 9.17) is 14.2 Å². The first kappa shape index (κ1) is 27.8. The van der Waals surface area contributed by atoms with E-state index in [2.05, 4.69) is 37.4 Å². The Morgan fingerprint density at radius 1 is 0.865 bits per heavy atom. The second-order valence-corrected chi connectivity index (χ2v) is 8.97. The maximum atomic E-state index is 13.1. The molecule has 6 heteroatoms. The average Bonchev–Trinajstić information content (AvgIpc) is 2.89. The Balaban J connectivity index is 1.64. The molecular weight excluding hydrogens is 466 g/mol. The first-order chi connectivity index (χ1) is 17.8. The van der Waals surface area contributed by atoms with Crippen LogP contribution in [0.2, 0.25) is 0 Å².